The van der Waals surface area contributed by atoms with E-state index in [2.05, 4.69) is 16.3 Å². The van der Waals surface area contributed by atoms with Gasteiger partial charge < -0.3 is 14.6 Å². The van der Waals surface area contributed by atoms with Gasteiger partial charge in [0.1, 0.15) is 11.6 Å². The van der Waals surface area contributed by atoms with Gasteiger partial charge in [0.15, 0.2) is 0 Å². The first kappa shape index (κ1) is 14.1. The van der Waals surface area contributed by atoms with Crippen molar-refractivity contribution in [3.63, 3.8) is 0 Å². The van der Waals surface area contributed by atoms with E-state index in [9.17, 15) is 4.39 Å². The Morgan fingerprint density at radius 2 is 2.19 bits per heavy atom. The van der Waals surface area contributed by atoms with Crippen molar-refractivity contribution in [3.8, 4) is 0 Å². The fraction of sp³-hybridized carbons (Fsp3) is 0.412. The van der Waals surface area contributed by atoms with Gasteiger partial charge in [-0.05, 0) is 55.3 Å². The molecule has 1 aromatic carbocycles. The second-order valence-electron chi connectivity index (χ2n) is 5.54. The van der Waals surface area contributed by atoms with E-state index in [-0.39, 0.29) is 5.82 Å². The molecule has 0 radical (unpaired) electrons. The quantitative estimate of drug-likeness (QED) is 0.842. The number of halogens is 1. The molecule has 0 spiro atoms. The van der Waals surface area contributed by atoms with Crippen LogP contribution >= 0.6 is 0 Å². The summed E-state index contributed by atoms with van der Waals surface area (Å²) in [6, 6.07) is 9.66. The van der Waals surface area contributed by atoms with Crippen molar-refractivity contribution in [1.29, 1.82) is 0 Å². The number of furan rings is 1. The highest BCUT2D eigenvalue weighted by Crippen LogP contribution is 2.34. The Bertz CT molecular complexity index is 578. The third-order valence-corrected chi connectivity index (χ3v) is 3.75. The molecule has 3 rings (SSSR count). The summed E-state index contributed by atoms with van der Waals surface area (Å²) in [5.74, 6) is 0.741. The van der Waals surface area contributed by atoms with E-state index in [1.54, 1.807) is 18.4 Å². The average Bonchev–Trinajstić information content (AvgIpc) is 3.18. The van der Waals surface area contributed by atoms with E-state index in [1.807, 2.05) is 19.1 Å². The first-order valence-electron chi connectivity index (χ1n) is 7.55. The number of hydrogen-bond acceptors (Lipinski definition) is 3. The highest BCUT2D eigenvalue weighted by molar-refractivity contribution is 5.51. The predicted octanol–water partition coefficient (Wildman–Crippen LogP) is 3.70. The van der Waals surface area contributed by atoms with E-state index in [4.69, 9.17) is 4.42 Å². The molecule has 1 saturated carbocycles. The van der Waals surface area contributed by atoms with Crippen LogP contribution in [0.1, 0.15) is 31.1 Å². The van der Waals surface area contributed by atoms with Gasteiger partial charge in [-0.25, -0.2) is 4.39 Å². The zero-order chi connectivity index (χ0) is 14.7. The molecule has 3 nitrogen and oxygen atoms in total. The first-order chi connectivity index (χ1) is 10.3. The molecule has 1 heterocycles. The minimum atomic E-state index is -0.175. The molecule has 0 aliphatic heterocycles. The summed E-state index contributed by atoms with van der Waals surface area (Å²) in [5.41, 5.74) is 1.93. The molecule has 1 aromatic heterocycles. The summed E-state index contributed by atoms with van der Waals surface area (Å²) in [6.07, 6.45) is 4.02. The minimum Gasteiger partial charge on any atom is -0.467 e. The molecule has 112 valence electrons. The molecule has 2 aromatic rings. The zero-order valence-electron chi connectivity index (χ0n) is 12.3. The van der Waals surface area contributed by atoms with Crippen LogP contribution in [0.5, 0.6) is 0 Å². The molecule has 0 bridgehead atoms. The number of rotatable bonds is 7. The van der Waals surface area contributed by atoms with Crippen LogP contribution in [0.3, 0.4) is 0 Å². The third kappa shape index (κ3) is 3.64. The van der Waals surface area contributed by atoms with Gasteiger partial charge in [-0.15, -0.1) is 0 Å². The van der Waals surface area contributed by atoms with Gasteiger partial charge in [0.05, 0.1) is 12.8 Å². The summed E-state index contributed by atoms with van der Waals surface area (Å²) >= 11 is 0. The molecule has 4 heteroatoms. The molecule has 21 heavy (non-hydrogen) atoms. The fourth-order valence-electron chi connectivity index (χ4n) is 2.56. The van der Waals surface area contributed by atoms with Crippen molar-refractivity contribution in [2.75, 3.05) is 11.4 Å². The van der Waals surface area contributed by atoms with E-state index in [0.29, 0.717) is 19.1 Å². The lowest BCUT2D eigenvalue weighted by molar-refractivity contribution is 0.500. The lowest BCUT2D eigenvalue weighted by Gasteiger charge is -2.24. The van der Waals surface area contributed by atoms with Gasteiger partial charge in [-0.3, -0.25) is 0 Å². The van der Waals surface area contributed by atoms with Gasteiger partial charge in [-0.1, -0.05) is 6.92 Å². The standard InChI is InChI=1S/C17H21FN2O/c1-2-19-11-13-8-14(18)10-16(9-13)20(15-5-6-15)12-17-4-3-7-21-17/h3-4,7-10,15,19H,2,5-6,11-12H2,1H3. The maximum absolute atomic E-state index is 13.9. The van der Waals surface area contributed by atoms with Gasteiger partial charge in [-0.2, -0.15) is 0 Å². The number of nitrogens with one attached hydrogen (secondary N) is 1. The van der Waals surface area contributed by atoms with Gasteiger partial charge in [0, 0.05) is 18.3 Å². The minimum absolute atomic E-state index is 0.175. The van der Waals surface area contributed by atoms with Crippen LogP contribution in [-0.4, -0.2) is 12.6 Å². The Labute approximate surface area is 124 Å². The summed E-state index contributed by atoms with van der Waals surface area (Å²) in [5, 5.41) is 3.24. The molecule has 1 fully saturated rings. The Balaban J connectivity index is 1.82. The lowest BCUT2D eigenvalue weighted by atomic mass is 10.1. The molecule has 1 aliphatic carbocycles. The molecule has 0 saturated heterocycles. The topological polar surface area (TPSA) is 28.4 Å². The largest absolute Gasteiger partial charge is 0.467 e. The number of hydrogen-bond donors (Lipinski definition) is 1. The van der Waals surface area contributed by atoms with Crippen molar-refractivity contribution in [2.45, 2.75) is 38.9 Å². The van der Waals surface area contributed by atoms with Crippen LogP contribution in [0.15, 0.2) is 41.0 Å². The SMILES string of the molecule is CCNCc1cc(F)cc(N(Cc2ccco2)C2CC2)c1. The fourth-order valence-corrected chi connectivity index (χ4v) is 2.56. The van der Waals surface area contributed by atoms with Crippen LogP contribution in [0.2, 0.25) is 0 Å². The summed E-state index contributed by atoms with van der Waals surface area (Å²) in [7, 11) is 0. The Kier molecular flexibility index (Phi) is 4.25. The molecular formula is C17H21FN2O. The number of nitrogens with zero attached hydrogens (tertiary/aromatic N) is 1. The lowest BCUT2D eigenvalue weighted by Crippen LogP contribution is -2.25. The third-order valence-electron chi connectivity index (χ3n) is 3.75. The second-order valence-corrected chi connectivity index (χ2v) is 5.54. The van der Waals surface area contributed by atoms with Crippen molar-refractivity contribution in [2.24, 2.45) is 0 Å². The van der Waals surface area contributed by atoms with Crippen LogP contribution in [0, 0.1) is 5.82 Å². The maximum atomic E-state index is 13.9. The first-order valence-corrected chi connectivity index (χ1v) is 7.55. The van der Waals surface area contributed by atoms with Crippen molar-refractivity contribution in [1.82, 2.24) is 5.32 Å². The molecular weight excluding hydrogens is 267 g/mol. The Hall–Kier alpha value is -1.81. The summed E-state index contributed by atoms with van der Waals surface area (Å²) in [4.78, 5) is 2.25. The molecule has 1 aliphatic rings. The molecule has 1 N–H and O–H groups in total. The summed E-state index contributed by atoms with van der Waals surface area (Å²) in [6.45, 7) is 4.32. The molecule has 0 unspecified atom stereocenters. The van der Waals surface area contributed by atoms with E-state index < -0.39 is 0 Å². The van der Waals surface area contributed by atoms with Crippen molar-refractivity contribution in [3.05, 3.63) is 53.7 Å². The van der Waals surface area contributed by atoms with Gasteiger partial charge in [0.25, 0.3) is 0 Å². The highest BCUT2D eigenvalue weighted by Gasteiger charge is 2.30. The maximum Gasteiger partial charge on any atom is 0.125 e. The van der Waals surface area contributed by atoms with E-state index in [1.165, 1.54) is 12.8 Å². The summed E-state index contributed by atoms with van der Waals surface area (Å²) < 4.78 is 19.3. The van der Waals surface area contributed by atoms with Gasteiger partial charge >= 0.3 is 0 Å². The van der Waals surface area contributed by atoms with Gasteiger partial charge in [0.2, 0.25) is 0 Å². The van der Waals surface area contributed by atoms with Crippen molar-refractivity contribution >= 4 is 5.69 Å². The monoisotopic (exact) mass is 288 g/mol. The van der Waals surface area contributed by atoms with E-state index in [0.717, 1.165) is 23.6 Å². The Morgan fingerprint density at radius 1 is 1.33 bits per heavy atom. The van der Waals surface area contributed by atoms with E-state index >= 15 is 0 Å². The predicted molar refractivity (Wildman–Crippen MR) is 81.7 cm³/mol. The molecule has 0 atom stereocenters. The normalized spacial score (nSPS) is 14.4. The van der Waals surface area contributed by atoms with Crippen LogP contribution in [0.4, 0.5) is 10.1 Å². The van der Waals surface area contributed by atoms with Crippen molar-refractivity contribution < 1.29 is 8.81 Å². The number of benzene rings is 1. The Morgan fingerprint density at radius 3 is 2.86 bits per heavy atom. The highest BCUT2D eigenvalue weighted by atomic mass is 19.1. The zero-order valence-corrected chi connectivity index (χ0v) is 12.3. The molecule has 0 amide bonds. The number of anilines is 1. The van der Waals surface area contributed by atoms with Crippen LogP contribution in [0.25, 0.3) is 0 Å². The van der Waals surface area contributed by atoms with Crippen LogP contribution < -0.4 is 10.2 Å². The van der Waals surface area contributed by atoms with Crippen LogP contribution in [-0.2, 0) is 13.1 Å². The average molecular weight is 288 g/mol. The second kappa shape index (κ2) is 6.31. The smallest absolute Gasteiger partial charge is 0.125 e.